The third-order valence-corrected chi connectivity index (χ3v) is 13.6. The van der Waals surface area contributed by atoms with Gasteiger partial charge in [0.1, 0.15) is 42.4 Å². The Morgan fingerprint density at radius 1 is 0.635 bits per heavy atom. The monoisotopic (exact) mass is 1010 g/mol. The van der Waals surface area contributed by atoms with Gasteiger partial charge in [0.15, 0.2) is 23.1 Å². The molecule has 2 aromatic heterocycles. The smallest absolute Gasteiger partial charge is 0.407 e. The molecule has 0 saturated heterocycles. The zero-order chi connectivity index (χ0) is 52.5. The largest absolute Gasteiger partial charge is 0.451 e. The summed E-state index contributed by atoms with van der Waals surface area (Å²) in [5, 5.41) is 24.2. The Hall–Kier alpha value is -7.53. The van der Waals surface area contributed by atoms with E-state index in [1.807, 2.05) is 103 Å². The van der Waals surface area contributed by atoms with Crippen molar-refractivity contribution in [1.82, 2.24) is 25.3 Å². The summed E-state index contributed by atoms with van der Waals surface area (Å²) >= 11 is 0. The summed E-state index contributed by atoms with van der Waals surface area (Å²) in [6.07, 6.45) is 6.24. The number of alkyl carbamates (subject to hydrolysis) is 1. The van der Waals surface area contributed by atoms with Crippen LogP contribution in [0.1, 0.15) is 81.9 Å². The van der Waals surface area contributed by atoms with Crippen molar-refractivity contribution in [2.24, 2.45) is 5.73 Å². The van der Waals surface area contributed by atoms with Crippen LogP contribution in [0.15, 0.2) is 140 Å². The summed E-state index contributed by atoms with van der Waals surface area (Å²) in [7, 11) is 3.68. The molecule has 5 N–H and O–H groups in total. The first-order valence-electron chi connectivity index (χ1n) is 24.9. The second kappa shape index (κ2) is 24.0. The Bertz CT molecular complexity index is 3000. The van der Waals surface area contributed by atoms with Gasteiger partial charge in [0.25, 0.3) is 0 Å². The van der Waals surface area contributed by atoms with Gasteiger partial charge < -0.3 is 45.3 Å². The van der Waals surface area contributed by atoms with Crippen LogP contribution < -0.4 is 30.3 Å². The lowest BCUT2D eigenvalue weighted by Gasteiger charge is -2.29. The van der Waals surface area contributed by atoms with Crippen LogP contribution in [0, 0.1) is 11.6 Å². The molecule has 0 aliphatic heterocycles. The molecule has 0 bridgehead atoms. The normalized spacial score (nSPS) is 19.1. The van der Waals surface area contributed by atoms with Crippen molar-refractivity contribution >= 4 is 17.7 Å². The highest BCUT2D eigenvalue weighted by Crippen LogP contribution is 2.43. The number of halogens is 2. The Morgan fingerprint density at radius 3 is 1.59 bits per heavy atom. The lowest BCUT2D eigenvalue weighted by atomic mass is 9.92. The van der Waals surface area contributed by atoms with Crippen molar-refractivity contribution in [3.63, 3.8) is 0 Å². The Morgan fingerprint density at radius 2 is 1.11 bits per heavy atom. The molecule has 2 fully saturated rings. The fraction of sp³-hybridized carbons (Fsp3) is 0.328. The number of hydrogen-bond acceptors (Lipinski definition) is 13. The second-order valence-corrected chi connectivity index (χ2v) is 19.5. The van der Waals surface area contributed by atoms with E-state index in [-0.39, 0.29) is 54.2 Å². The fourth-order valence-electron chi connectivity index (χ4n) is 9.85. The molecule has 0 unspecified atom stereocenters. The van der Waals surface area contributed by atoms with Crippen LogP contribution in [-0.4, -0.2) is 86.7 Å². The van der Waals surface area contributed by atoms with Crippen molar-refractivity contribution in [2.75, 3.05) is 23.9 Å². The minimum atomic E-state index is -0.725. The Labute approximate surface area is 431 Å². The Balaban J connectivity index is 0.000000204. The number of carbonyl (C=O) groups excluding carboxylic acids is 1. The van der Waals surface area contributed by atoms with Crippen LogP contribution in [0.5, 0.6) is 23.0 Å². The molecule has 6 atom stereocenters. The van der Waals surface area contributed by atoms with E-state index in [1.54, 1.807) is 24.5 Å². The molecule has 2 heterocycles. The first-order chi connectivity index (χ1) is 35.6. The van der Waals surface area contributed by atoms with E-state index in [1.165, 1.54) is 36.9 Å². The minimum Gasteiger partial charge on any atom is -0.451 e. The van der Waals surface area contributed by atoms with Crippen LogP contribution in [-0.2, 0) is 11.3 Å². The van der Waals surface area contributed by atoms with Crippen molar-refractivity contribution in [3.05, 3.63) is 169 Å². The molecule has 16 heteroatoms. The molecule has 14 nitrogen and oxygen atoms in total. The average Bonchev–Trinajstić information content (AvgIpc) is 3.95. The van der Waals surface area contributed by atoms with Gasteiger partial charge in [-0.1, -0.05) is 107 Å². The van der Waals surface area contributed by atoms with E-state index >= 15 is 0 Å². The van der Waals surface area contributed by atoms with Crippen LogP contribution in [0.4, 0.5) is 25.2 Å². The molecule has 2 aliphatic carbocycles. The molecule has 2 saturated carbocycles. The SMILES string of the molecule is CC(C)c1ccccc1-c1cc(F)ccc1Oc1cncnc1N(C)[C@H]1C[C@@H](N)C[C@H]1O.CC(C)c1ccccc1-c1cc(F)ccc1Oc1cncnc1N(C)[C@H]1C[C@@H](NC(=O)OCc2ccccc2)C[C@H]1O. The number of aromatic nitrogens is 4. The van der Waals surface area contributed by atoms with Gasteiger partial charge in [-0.3, -0.25) is 0 Å². The van der Waals surface area contributed by atoms with E-state index in [0.29, 0.717) is 71.4 Å². The number of anilines is 2. The van der Waals surface area contributed by atoms with Crippen LogP contribution in [0.2, 0.25) is 0 Å². The third-order valence-electron chi connectivity index (χ3n) is 13.6. The van der Waals surface area contributed by atoms with Gasteiger partial charge in [-0.25, -0.2) is 33.5 Å². The van der Waals surface area contributed by atoms with Crippen molar-refractivity contribution in [1.29, 1.82) is 0 Å². The molecule has 7 aromatic rings. The zero-order valence-corrected chi connectivity index (χ0v) is 42.5. The number of nitrogens with zero attached hydrogens (tertiary/aromatic N) is 6. The first-order valence-corrected chi connectivity index (χ1v) is 24.9. The molecule has 2 aliphatic rings. The lowest BCUT2D eigenvalue weighted by Crippen LogP contribution is -2.39. The van der Waals surface area contributed by atoms with Crippen molar-refractivity contribution in [2.45, 2.75) is 108 Å². The molecule has 386 valence electrons. The van der Waals surface area contributed by atoms with Gasteiger partial charge in [-0.05, 0) is 102 Å². The topological polar surface area (TPSA) is 181 Å². The molecule has 0 spiro atoms. The van der Waals surface area contributed by atoms with Crippen LogP contribution in [0.3, 0.4) is 0 Å². The molecule has 1 amide bonds. The van der Waals surface area contributed by atoms with E-state index < -0.39 is 18.3 Å². The summed E-state index contributed by atoms with van der Waals surface area (Å²) in [5.74, 6) is 2.55. The maximum Gasteiger partial charge on any atom is 0.407 e. The lowest BCUT2D eigenvalue weighted by molar-refractivity contribution is 0.133. The standard InChI is InChI=1S/C33H35FN4O4.C25H29FN4O2/c1-21(2)25-11-7-8-12-26(25)27-15-23(34)13-14-30(27)42-31-18-35-20-36-32(31)38(3)28-16-24(17-29(28)39)37-33(40)41-19-22-9-5-4-6-10-22;1-15(2)18-6-4-5-7-19(18)20-10-16(26)8-9-23(20)32-24-13-28-14-29-25(24)30(3)21-11-17(27)12-22(21)31/h4-15,18,20-21,24,28-29,39H,16-17,19H2,1-3H3,(H,37,40);4-10,13-15,17,21-22,31H,11-12,27H2,1-3H3/t24-,28+,29-;17-,21+,22-/m11/s1. The quantitative estimate of drug-likeness (QED) is 0.0762. The number of aliphatic hydroxyl groups excluding tert-OH is 2. The summed E-state index contributed by atoms with van der Waals surface area (Å²) in [6.45, 7) is 8.56. The number of rotatable bonds is 15. The summed E-state index contributed by atoms with van der Waals surface area (Å²) in [6, 6.07) is 33.3. The number of likely N-dealkylation sites (N-methyl/N-ethyl adjacent to an activating group) is 2. The minimum absolute atomic E-state index is 0.0557. The third kappa shape index (κ3) is 12.6. The number of aliphatic hydroxyl groups is 2. The summed E-state index contributed by atoms with van der Waals surface area (Å²) in [4.78, 5) is 33.3. The predicted molar refractivity (Wildman–Crippen MR) is 282 cm³/mol. The van der Waals surface area contributed by atoms with Gasteiger partial charge in [0.2, 0.25) is 0 Å². The molecular weight excluding hydrogens is 943 g/mol. The highest BCUT2D eigenvalue weighted by molar-refractivity contribution is 5.76. The van der Waals surface area contributed by atoms with Crippen LogP contribution in [0.25, 0.3) is 22.3 Å². The number of nitrogens with two attached hydrogens (primary N) is 1. The maximum atomic E-state index is 14.5. The van der Waals surface area contributed by atoms with E-state index in [2.05, 4.69) is 52.9 Å². The van der Waals surface area contributed by atoms with Gasteiger partial charge >= 0.3 is 6.09 Å². The molecule has 0 radical (unpaired) electrons. The number of carbonyl (C=O) groups is 1. The van der Waals surface area contributed by atoms with E-state index in [4.69, 9.17) is 19.9 Å². The number of amides is 1. The van der Waals surface area contributed by atoms with Gasteiger partial charge in [-0.2, -0.15) is 0 Å². The molecule has 5 aromatic carbocycles. The highest BCUT2D eigenvalue weighted by atomic mass is 19.1. The van der Waals surface area contributed by atoms with Gasteiger partial charge in [0, 0.05) is 37.3 Å². The second-order valence-electron chi connectivity index (χ2n) is 19.5. The molecule has 74 heavy (non-hydrogen) atoms. The van der Waals surface area contributed by atoms with Crippen molar-refractivity contribution < 1.29 is 38.0 Å². The first kappa shape index (κ1) is 52.8. The predicted octanol–water partition coefficient (Wildman–Crippen LogP) is 10.9. The van der Waals surface area contributed by atoms with Gasteiger partial charge in [0.05, 0.1) is 36.7 Å². The number of hydrogen-bond donors (Lipinski definition) is 4. The highest BCUT2D eigenvalue weighted by Gasteiger charge is 2.38. The number of nitrogens with one attached hydrogen (secondary N) is 1. The molecule has 9 rings (SSSR count). The van der Waals surface area contributed by atoms with E-state index in [9.17, 15) is 23.8 Å². The number of ether oxygens (including phenoxy) is 3. The summed E-state index contributed by atoms with van der Waals surface area (Å²) < 4.78 is 46.7. The molecular formula is C58H64F2N8O6. The zero-order valence-electron chi connectivity index (χ0n) is 42.5. The average molecular weight is 1010 g/mol. The number of benzene rings is 5. The Kier molecular flexibility index (Phi) is 17.1. The van der Waals surface area contributed by atoms with Gasteiger partial charge in [-0.15, -0.1) is 0 Å². The summed E-state index contributed by atoms with van der Waals surface area (Å²) in [5.41, 5.74) is 12.2. The van der Waals surface area contributed by atoms with Crippen molar-refractivity contribution in [3.8, 4) is 45.3 Å². The fourth-order valence-corrected chi connectivity index (χ4v) is 9.85. The van der Waals surface area contributed by atoms with Crippen LogP contribution >= 0.6 is 0 Å². The maximum absolute atomic E-state index is 14.5. The van der Waals surface area contributed by atoms with E-state index in [0.717, 1.165) is 27.8 Å².